The lowest BCUT2D eigenvalue weighted by Gasteiger charge is -2.21. The van der Waals surface area contributed by atoms with Gasteiger partial charge in [-0.25, -0.2) is 4.79 Å². The summed E-state index contributed by atoms with van der Waals surface area (Å²) in [5.74, 6) is -1.44. The summed E-state index contributed by atoms with van der Waals surface area (Å²) in [6.45, 7) is 1.33. The number of halogens is 3. The third-order valence-electron chi connectivity index (χ3n) is 4.29. The Morgan fingerprint density at radius 3 is 2.34 bits per heavy atom. The van der Waals surface area contributed by atoms with Gasteiger partial charge in [0.1, 0.15) is 11.3 Å². The number of carbonyl (C=O) groups excluding carboxylic acids is 3. The van der Waals surface area contributed by atoms with E-state index in [9.17, 15) is 27.6 Å². The van der Waals surface area contributed by atoms with Crippen molar-refractivity contribution in [3.05, 3.63) is 54.1 Å². The zero-order valence-electron chi connectivity index (χ0n) is 15.1. The largest absolute Gasteiger partial charge is 0.573 e. The molecule has 152 valence electrons. The van der Waals surface area contributed by atoms with Gasteiger partial charge in [-0.15, -0.1) is 13.2 Å². The molecule has 0 aliphatic carbocycles. The number of imide groups is 1. The number of benzene rings is 2. The van der Waals surface area contributed by atoms with E-state index in [1.165, 1.54) is 19.1 Å². The molecule has 0 spiro atoms. The fourth-order valence-electron chi connectivity index (χ4n) is 2.83. The van der Waals surface area contributed by atoms with Gasteiger partial charge in [0, 0.05) is 12.1 Å². The van der Waals surface area contributed by atoms with Crippen LogP contribution in [0.4, 0.5) is 18.0 Å². The van der Waals surface area contributed by atoms with Gasteiger partial charge >= 0.3 is 12.4 Å². The highest BCUT2D eigenvalue weighted by atomic mass is 19.4. The van der Waals surface area contributed by atoms with Crippen molar-refractivity contribution in [3.63, 3.8) is 0 Å². The Hall–Kier alpha value is -3.56. The Bertz CT molecular complexity index is 960. The summed E-state index contributed by atoms with van der Waals surface area (Å²) < 4.78 is 40.7. The molecule has 0 saturated carbocycles. The van der Waals surface area contributed by atoms with Crippen molar-refractivity contribution in [3.8, 4) is 16.9 Å². The number of ether oxygens (including phenoxy) is 1. The molecular formula is C19H16F3N3O4. The highest BCUT2D eigenvalue weighted by Gasteiger charge is 2.42. The minimum Gasteiger partial charge on any atom is -0.406 e. The first-order valence-corrected chi connectivity index (χ1v) is 8.44. The standard InChI is InChI=1S/C19H16F3N3O4/c1-18(16(27)24-17(28)25-18)10-23-15(26)14-5-3-2-4-13(14)11-6-8-12(9-7-11)29-19(20,21)22/h2-9H,10H2,1H3,(H,23,26)(H2,24,25,27,28). The van der Waals surface area contributed by atoms with Crippen LogP contribution in [0, 0.1) is 0 Å². The van der Waals surface area contributed by atoms with E-state index in [2.05, 4.69) is 20.7 Å². The van der Waals surface area contributed by atoms with Gasteiger partial charge in [-0.05, 0) is 36.2 Å². The predicted octanol–water partition coefficient (Wildman–Crippen LogP) is 2.58. The monoisotopic (exact) mass is 407 g/mol. The second-order valence-electron chi connectivity index (χ2n) is 6.54. The smallest absolute Gasteiger partial charge is 0.406 e. The average molecular weight is 407 g/mol. The van der Waals surface area contributed by atoms with E-state index in [0.717, 1.165) is 12.1 Å². The van der Waals surface area contributed by atoms with E-state index in [1.807, 2.05) is 0 Å². The van der Waals surface area contributed by atoms with E-state index in [1.54, 1.807) is 24.3 Å². The summed E-state index contributed by atoms with van der Waals surface area (Å²) >= 11 is 0. The molecule has 1 aliphatic rings. The molecule has 3 N–H and O–H groups in total. The average Bonchev–Trinajstić information content (AvgIpc) is 2.91. The minimum absolute atomic E-state index is 0.143. The highest BCUT2D eigenvalue weighted by molar-refractivity contribution is 6.07. The number of alkyl halides is 3. The van der Waals surface area contributed by atoms with Crippen LogP contribution in [-0.4, -0.2) is 36.3 Å². The van der Waals surface area contributed by atoms with E-state index < -0.39 is 29.7 Å². The number of carbonyl (C=O) groups is 3. The first-order valence-electron chi connectivity index (χ1n) is 8.44. The lowest BCUT2D eigenvalue weighted by atomic mass is 9.98. The molecule has 1 unspecified atom stereocenters. The van der Waals surface area contributed by atoms with Crippen molar-refractivity contribution >= 4 is 17.8 Å². The van der Waals surface area contributed by atoms with Crippen molar-refractivity contribution in [2.45, 2.75) is 18.8 Å². The van der Waals surface area contributed by atoms with Crippen molar-refractivity contribution in [1.82, 2.24) is 16.0 Å². The third-order valence-corrected chi connectivity index (χ3v) is 4.29. The Kier molecular flexibility index (Phi) is 5.19. The van der Waals surface area contributed by atoms with E-state index in [-0.39, 0.29) is 17.9 Å². The number of nitrogens with one attached hydrogen (secondary N) is 3. The molecule has 4 amide bonds. The van der Waals surface area contributed by atoms with Gasteiger partial charge in [0.05, 0.1) is 0 Å². The fraction of sp³-hybridized carbons (Fsp3) is 0.211. The summed E-state index contributed by atoms with van der Waals surface area (Å²) in [6, 6.07) is 10.9. The maximum absolute atomic E-state index is 12.7. The highest BCUT2D eigenvalue weighted by Crippen LogP contribution is 2.28. The SMILES string of the molecule is CC1(CNC(=O)c2ccccc2-c2ccc(OC(F)(F)F)cc2)NC(=O)NC1=O. The van der Waals surface area contributed by atoms with Crippen LogP contribution in [0.15, 0.2) is 48.5 Å². The molecule has 3 rings (SSSR count). The Morgan fingerprint density at radius 1 is 1.10 bits per heavy atom. The number of rotatable bonds is 5. The molecule has 29 heavy (non-hydrogen) atoms. The predicted molar refractivity (Wildman–Crippen MR) is 96.0 cm³/mol. The van der Waals surface area contributed by atoms with Crippen LogP contribution in [0.2, 0.25) is 0 Å². The number of urea groups is 1. The molecule has 10 heteroatoms. The van der Waals surface area contributed by atoms with Crippen LogP contribution < -0.4 is 20.7 Å². The van der Waals surface area contributed by atoms with Crippen LogP contribution in [0.3, 0.4) is 0 Å². The van der Waals surface area contributed by atoms with E-state index in [0.29, 0.717) is 11.1 Å². The number of amides is 4. The molecule has 2 aromatic carbocycles. The van der Waals surface area contributed by atoms with Crippen LogP contribution >= 0.6 is 0 Å². The lowest BCUT2D eigenvalue weighted by molar-refractivity contribution is -0.274. The molecule has 0 aromatic heterocycles. The molecule has 1 aliphatic heterocycles. The minimum atomic E-state index is -4.79. The van der Waals surface area contributed by atoms with Crippen molar-refractivity contribution < 1.29 is 32.3 Å². The normalized spacial score (nSPS) is 18.8. The maximum Gasteiger partial charge on any atom is 0.573 e. The van der Waals surface area contributed by atoms with Gasteiger partial charge in [-0.3, -0.25) is 14.9 Å². The first-order chi connectivity index (χ1) is 13.6. The quantitative estimate of drug-likeness (QED) is 0.664. The Balaban J connectivity index is 1.77. The molecule has 1 saturated heterocycles. The van der Waals surface area contributed by atoms with E-state index >= 15 is 0 Å². The van der Waals surface area contributed by atoms with Crippen LogP contribution in [-0.2, 0) is 4.79 Å². The molecule has 0 bridgehead atoms. The summed E-state index contributed by atoms with van der Waals surface area (Å²) in [4.78, 5) is 35.8. The lowest BCUT2D eigenvalue weighted by Crippen LogP contribution is -2.52. The second kappa shape index (κ2) is 7.46. The Morgan fingerprint density at radius 2 is 1.76 bits per heavy atom. The molecule has 0 radical (unpaired) electrons. The third kappa shape index (κ3) is 4.65. The van der Waals surface area contributed by atoms with Crippen molar-refractivity contribution in [2.75, 3.05) is 6.54 Å². The van der Waals surface area contributed by atoms with Crippen LogP contribution in [0.5, 0.6) is 5.75 Å². The molecule has 1 heterocycles. The Labute approximate surface area is 163 Å². The summed E-state index contributed by atoms with van der Waals surface area (Å²) in [6.07, 6.45) is -4.79. The van der Waals surface area contributed by atoms with Gasteiger partial charge in [0.25, 0.3) is 11.8 Å². The summed E-state index contributed by atoms with van der Waals surface area (Å²) in [5, 5.41) is 7.13. The number of hydrogen-bond donors (Lipinski definition) is 3. The molecule has 2 aromatic rings. The zero-order valence-corrected chi connectivity index (χ0v) is 15.1. The van der Waals surface area contributed by atoms with Crippen LogP contribution in [0.25, 0.3) is 11.1 Å². The van der Waals surface area contributed by atoms with Gasteiger partial charge in [-0.1, -0.05) is 30.3 Å². The molecular weight excluding hydrogens is 391 g/mol. The van der Waals surface area contributed by atoms with E-state index in [4.69, 9.17) is 0 Å². The summed E-state index contributed by atoms with van der Waals surface area (Å²) in [5.41, 5.74) is -0.0412. The second-order valence-corrected chi connectivity index (χ2v) is 6.54. The van der Waals surface area contributed by atoms with Gasteiger partial charge in [0.15, 0.2) is 0 Å². The molecule has 1 atom stereocenters. The zero-order chi connectivity index (χ0) is 21.2. The van der Waals surface area contributed by atoms with Crippen LogP contribution in [0.1, 0.15) is 17.3 Å². The van der Waals surface area contributed by atoms with Crippen molar-refractivity contribution in [1.29, 1.82) is 0 Å². The van der Waals surface area contributed by atoms with Gasteiger partial charge in [-0.2, -0.15) is 0 Å². The molecule has 7 nitrogen and oxygen atoms in total. The summed E-state index contributed by atoms with van der Waals surface area (Å²) in [7, 11) is 0. The van der Waals surface area contributed by atoms with Gasteiger partial charge < -0.3 is 15.4 Å². The van der Waals surface area contributed by atoms with Gasteiger partial charge in [0.2, 0.25) is 0 Å². The maximum atomic E-state index is 12.7. The number of hydrogen-bond acceptors (Lipinski definition) is 4. The fourth-order valence-corrected chi connectivity index (χ4v) is 2.83. The first kappa shape index (κ1) is 20.2. The van der Waals surface area contributed by atoms with Crippen molar-refractivity contribution in [2.24, 2.45) is 0 Å². The topological polar surface area (TPSA) is 96.5 Å². The molecule has 1 fully saturated rings.